The summed E-state index contributed by atoms with van der Waals surface area (Å²) in [5, 5.41) is 3.29. The molecule has 0 aliphatic carbocycles. The van der Waals surface area contributed by atoms with Crippen LogP contribution in [0.3, 0.4) is 0 Å². The Bertz CT molecular complexity index is 443. The van der Waals surface area contributed by atoms with E-state index in [4.69, 9.17) is 11.5 Å². The van der Waals surface area contributed by atoms with Crippen LogP contribution in [0.15, 0.2) is 6.07 Å². The molecular weight excluding hydrogens is 228 g/mol. The quantitative estimate of drug-likeness (QED) is 0.731. The van der Waals surface area contributed by atoms with E-state index in [0.29, 0.717) is 23.7 Å². The van der Waals surface area contributed by atoms with Crippen molar-refractivity contribution in [3.05, 3.63) is 23.0 Å². The number of pyridine rings is 1. The van der Waals surface area contributed by atoms with E-state index < -0.39 is 5.91 Å². The van der Waals surface area contributed by atoms with E-state index >= 15 is 0 Å². The highest BCUT2D eigenvalue weighted by molar-refractivity contribution is 5.99. The maximum atomic E-state index is 11.5. The van der Waals surface area contributed by atoms with Gasteiger partial charge < -0.3 is 16.8 Å². The molecule has 0 aliphatic heterocycles. The Morgan fingerprint density at radius 2 is 2.06 bits per heavy atom. The van der Waals surface area contributed by atoms with Gasteiger partial charge in [0.05, 0.1) is 16.9 Å². The largest absolute Gasteiger partial charge is 0.380 e. The number of carbonyl (C=O) groups is 1. The lowest BCUT2D eigenvalue weighted by Crippen LogP contribution is -2.34. The highest BCUT2D eigenvalue weighted by Gasteiger charge is 2.18. The lowest BCUT2D eigenvalue weighted by Gasteiger charge is -2.23. The van der Waals surface area contributed by atoms with Gasteiger partial charge in [0.15, 0.2) is 0 Å². The second kappa shape index (κ2) is 5.82. The Hall–Kier alpha value is -1.62. The van der Waals surface area contributed by atoms with Crippen LogP contribution in [0, 0.1) is 19.8 Å². The van der Waals surface area contributed by atoms with Crippen LogP contribution in [0.25, 0.3) is 0 Å². The molecule has 1 heterocycles. The Morgan fingerprint density at radius 1 is 1.44 bits per heavy atom. The van der Waals surface area contributed by atoms with Gasteiger partial charge in [0.1, 0.15) is 0 Å². The first kappa shape index (κ1) is 14.4. The minimum atomic E-state index is -0.470. The van der Waals surface area contributed by atoms with Gasteiger partial charge in [-0.15, -0.1) is 0 Å². The van der Waals surface area contributed by atoms with Crippen molar-refractivity contribution in [1.29, 1.82) is 0 Å². The predicted octanol–water partition coefficient (Wildman–Crippen LogP) is 1.19. The van der Waals surface area contributed by atoms with Gasteiger partial charge in [0, 0.05) is 18.3 Å². The third-order valence-electron chi connectivity index (χ3n) is 2.97. The van der Waals surface area contributed by atoms with Crippen LogP contribution in [0.4, 0.5) is 5.69 Å². The van der Waals surface area contributed by atoms with Crippen LogP contribution in [-0.2, 0) is 0 Å². The minimum Gasteiger partial charge on any atom is -0.380 e. The molecule has 0 fully saturated rings. The standard InChI is InChI=1S/C13H22N4O/c1-7(2)11(6-14)17-10-5-8(3)16-9(4)12(10)13(15)18/h5,7,11H,6,14H2,1-4H3,(H2,15,18)(H,16,17). The zero-order valence-electron chi connectivity index (χ0n) is 11.4. The predicted molar refractivity (Wildman–Crippen MR) is 73.5 cm³/mol. The van der Waals surface area contributed by atoms with E-state index in [2.05, 4.69) is 24.1 Å². The van der Waals surface area contributed by atoms with Crippen molar-refractivity contribution in [2.24, 2.45) is 17.4 Å². The number of hydrogen-bond donors (Lipinski definition) is 3. The van der Waals surface area contributed by atoms with Crippen molar-refractivity contribution in [3.63, 3.8) is 0 Å². The summed E-state index contributed by atoms with van der Waals surface area (Å²) < 4.78 is 0. The second-order valence-electron chi connectivity index (χ2n) is 4.87. The van der Waals surface area contributed by atoms with Crippen molar-refractivity contribution in [2.45, 2.75) is 33.7 Å². The molecule has 1 unspecified atom stereocenters. The fourth-order valence-corrected chi connectivity index (χ4v) is 1.95. The topological polar surface area (TPSA) is 94.0 Å². The number of carbonyl (C=O) groups excluding carboxylic acids is 1. The van der Waals surface area contributed by atoms with Crippen LogP contribution in [0.1, 0.15) is 35.6 Å². The molecule has 18 heavy (non-hydrogen) atoms. The summed E-state index contributed by atoms with van der Waals surface area (Å²) in [6.07, 6.45) is 0. The first-order valence-corrected chi connectivity index (χ1v) is 6.11. The number of anilines is 1. The number of amides is 1. The SMILES string of the molecule is Cc1cc(NC(CN)C(C)C)c(C(N)=O)c(C)n1. The summed E-state index contributed by atoms with van der Waals surface area (Å²) in [4.78, 5) is 15.8. The van der Waals surface area contributed by atoms with Gasteiger partial charge in [-0.1, -0.05) is 13.8 Å². The molecule has 0 radical (unpaired) electrons. The van der Waals surface area contributed by atoms with Crippen molar-refractivity contribution in [1.82, 2.24) is 4.98 Å². The molecule has 5 heteroatoms. The normalized spacial score (nSPS) is 12.6. The molecule has 1 aromatic heterocycles. The van der Waals surface area contributed by atoms with Crippen molar-refractivity contribution in [2.75, 3.05) is 11.9 Å². The third kappa shape index (κ3) is 3.20. The molecule has 0 saturated carbocycles. The molecule has 1 aromatic rings. The van der Waals surface area contributed by atoms with Gasteiger partial charge in [-0.05, 0) is 25.8 Å². The van der Waals surface area contributed by atoms with Crippen LogP contribution >= 0.6 is 0 Å². The molecule has 0 aliphatic rings. The lowest BCUT2D eigenvalue weighted by molar-refractivity contribution is 0.1000. The van der Waals surface area contributed by atoms with E-state index in [1.165, 1.54) is 0 Å². The molecule has 0 spiro atoms. The summed E-state index contributed by atoms with van der Waals surface area (Å²) in [7, 11) is 0. The molecular formula is C13H22N4O. The van der Waals surface area contributed by atoms with Crippen LogP contribution in [0.2, 0.25) is 0 Å². The Morgan fingerprint density at radius 3 is 2.50 bits per heavy atom. The fourth-order valence-electron chi connectivity index (χ4n) is 1.95. The molecule has 0 aromatic carbocycles. The monoisotopic (exact) mass is 250 g/mol. The zero-order chi connectivity index (χ0) is 13.9. The molecule has 5 N–H and O–H groups in total. The fraction of sp³-hybridized carbons (Fsp3) is 0.538. The van der Waals surface area contributed by atoms with E-state index in [1.54, 1.807) is 6.92 Å². The number of nitrogens with one attached hydrogen (secondary N) is 1. The van der Waals surface area contributed by atoms with E-state index in [0.717, 1.165) is 11.4 Å². The van der Waals surface area contributed by atoms with Crippen LogP contribution in [-0.4, -0.2) is 23.5 Å². The van der Waals surface area contributed by atoms with Gasteiger partial charge in [0.25, 0.3) is 5.91 Å². The van der Waals surface area contributed by atoms with Gasteiger partial charge in [-0.25, -0.2) is 0 Å². The van der Waals surface area contributed by atoms with Crippen LogP contribution < -0.4 is 16.8 Å². The first-order valence-electron chi connectivity index (χ1n) is 6.11. The average molecular weight is 250 g/mol. The third-order valence-corrected chi connectivity index (χ3v) is 2.97. The number of hydrogen-bond acceptors (Lipinski definition) is 4. The molecule has 100 valence electrons. The van der Waals surface area contributed by atoms with Crippen molar-refractivity contribution in [3.8, 4) is 0 Å². The van der Waals surface area contributed by atoms with Gasteiger partial charge in [0.2, 0.25) is 0 Å². The molecule has 1 amide bonds. The second-order valence-corrected chi connectivity index (χ2v) is 4.87. The summed E-state index contributed by atoms with van der Waals surface area (Å²) in [5.41, 5.74) is 13.8. The van der Waals surface area contributed by atoms with Gasteiger partial charge in [-0.3, -0.25) is 9.78 Å². The number of aryl methyl sites for hydroxylation is 2. The molecule has 5 nitrogen and oxygen atoms in total. The molecule has 0 saturated heterocycles. The summed E-state index contributed by atoms with van der Waals surface area (Å²) in [6, 6.07) is 1.93. The Balaban J connectivity index is 3.18. The summed E-state index contributed by atoms with van der Waals surface area (Å²) in [6.45, 7) is 8.32. The Labute approximate surface area is 108 Å². The Kier molecular flexibility index (Phi) is 4.67. The highest BCUT2D eigenvalue weighted by Crippen LogP contribution is 2.21. The number of nitrogens with zero attached hydrogens (tertiary/aromatic N) is 1. The first-order chi connectivity index (χ1) is 8.36. The molecule has 1 atom stereocenters. The number of nitrogens with two attached hydrogens (primary N) is 2. The van der Waals surface area contributed by atoms with Crippen molar-refractivity contribution < 1.29 is 4.79 Å². The maximum absolute atomic E-state index is 11.5. The highest BCUT2D eigenvalue weighted by atomic mass is 16.1. The average Bonchev–Trinajstić information content (AvgIpc) is 2.23. The minimum absolute atomic E-state index is 0.101. The maximum Gasteiger partial charge on any atom is 0.252 e. The van der Waals surface area contributed by atoms with Crippen molar-refractivity contribution >= 4 is 11.6 Å². The summed E-state index contributed by atoms with van der Waals surface area (Å²) >= 11 is 0. The number of aromatic nitrogens is 1. The zero-order valence-corrected chi connectivity index (χ0v) is 11.4. The van der Waals surface area contributed by atoms with Crippen LogP contribution in [0.5, 0.6) is 0 Å². The number of rotatable bonds is 5. The van der Waals surface area contributed by atoms with Gasteiger partial charge in [-0.2, -0.15) is 0 Å². The smallest absolute Gasteiger partial charge is 0.252 e. The number of primary amides is 1. The molecule has 1 rings (SSSR count). The van der Waals surface area contributed by atoms with E-state index in [1.807, 2.05) is 13.0 Å². The van der Waals surface area contributed by atoms with E-state index in [9.17, 15) is 4.79 Å². The van der Waals surface area contributed by atoms with E-state index in [-0.39, 0.29) is 6.04 Å². The van der Waals surface area contributed by atoms with Gasteiger partial charge >= 0.3 is 0 Å². The summed E-state index contributed by atoms with van der Waals surface area (Å²) in [5.74, 6) is -0.105. The lowest BCUT2D eigenvalue weighted by atomic mass is 10.0. The molecule has 0 bridgehead atoms.